The molecule has 0 unspecified atom stereocenters. The Balaban J connectivity index is 2.23. The molecule has 1 aromatic rings. The summed E-state index contributed by atoms with van der Waals surface area (Å²) in [6.45, 7) is 0.306. The second-order valence-corrected chi connectivity index (χ2v) is 4.58. The highest BCUT2D eigenvalue weighted by atomic mass is 35.5. The number of carbonyl (C=O) groups is 1. The van der Waals surface area contributed by atoms with E-state index in [-0.39, 0.29) is 12.5 Å². The van der Waals surface area contributed by atoms with Crippen molar-refractivity contribution in [3.8, 4) is 0 Å². The van der Waals surface area contributed by atoms with Gasteiger partial charge >= 0.3 is 0 Å². The summed E-state index contributed by atoms with van der Waals surface area (Å²) in [5, 5.41) is 11.1. The highest BCUT2D eigenvalue weighted by molar-refractivity contribution is 7.16. The minimum absolute atomic E-state index is 0.0173. The molecule has 0 aliphatic carbocycles. The van der Waals surface area contributed by atoms with E-state index in [1.165, 1.54) is 11.3 Å². The molecule has 1 rings (SSSR count). The summed E-state index contributed by atoms with van der Waals surface area (Å²) in [7, 11) is 0. The van der Waals surface area contributed by atoms with Crippen molar-refractivity contribution in [3.05, 3.63) is 21.3 Å². The largest absolute Gasteiger partial charge is 0.395 e. The van der Waals surface area contributed by atoms with Crippen LogP contribution in [0, 0.1) is 0 Å². The quantitative estimate of drug-likeness (QED) is 0.809. The molecular weight excluding hydrogens is 222 g/mol. The molecule has 1 amide bonds. The number of aliphatic hydroxyl groups is 1. The summed E-state index contributed by atoms with van der Waals surface area (Å²) in [6.07, 6.45) is 1.14. The van der Waals surface area contributed by atoms with Crippen molar-refractivity contribution in [3.63, 3.8) is 0 Å². The van der Waals surface area contributed by atoms with E-state index in [2.05, 4.69) is 5.32 Å². The zero-order valence-electron chi connectivity index (χ0n) is 7.62. The van der Waals surface area contributed by atoms with E-state index in [1.807, 2.05) is 12.1 Å². The van der Waals surface area contributed by atoms with Crippen molar-refractivity contribution in [2.75, 3.05) is 13.2 Å². The van der Waals surface area contributed by atoms with Crippen molar-refractivity contribution in [1.82, 2.24) is 5.32 Å². The number of hydrogen-bond acceptors (Lipinski definition) is 3. The lowest BCUT2D eigenvalue weighted by Crippen LogP contribution is -2.26. The smallest absolute Gasteiger partial charge is 0.220 e. The van der Waals surface area contributed by atoms with Gasteiger partial charge in [0.25, 0.3) is 0 Å². The summed E-state index contributed by atoms with van der Waals surface area (Å²) in [6, 6.07) is 3.75. The standard InChI is InChI=1S/C9H12ClNO2S/c10-8-3-1-7(14-8)2-4-9(13)11-5-6-12/h1,3,12H,2,4-6H2,(H,11,13). The summed E-state index contributed by atoms with van der Waals surface area (Å²) in [5.41, 5.74) is 0. The van der Waals surface area contributed by atoms with Gasteiger partial charge in [0.05, 0.1) is 10.9 Å². The van der Waals surface area contributed by atoms with Gasteiger partial charge in [-0.3, -0.25) is 4.79 Å². The Morgan fingerprint density at radius 1 is 1.57 bits per heavy atom. The molecule has 0 fully saturated rings. The van der Waals surface area contributed by atoms with E-state index in [4.69, 9.17) is 16.7 Å². The number of hydrogen-bond donors (Lipinski definition) is 2. The average molecular weight is 234 g/mol. The lowest BCUT2D eigenvalue weighted by molar-refractivity contribution is -0.121. The molecule has 0 saturated carbocycles. The molecule has 78 valence electrons. The van der Waals surface area contributed by atoms with Crippen LogP contribution in [0.5, 0.6) is 0 Å². The van der Waals surface area contributed by atoms with E-state index in [0.717, 1.165) is 9.21 Å². The summed E-state index contributed by atoms with van der Waals surface area (Å²) < 4.78 is 0.746. The molecule has 14 heavy (non-hydrogen) atoms. The zero-order chi connectivity index (χ0) is 10.4. The zero-order valence-corrected chi connectivity index (χ0v) is 9.20. The molecule has 2 N–H and O–H groups in total. The van der Waals surface area contributed by atoms with Crippen LogP contribution in [0.15, 0.2) is 12.1 Å². The highest BCUT2D eigenvalue weighted by Crippen LogP contribution is 2.22. The minimum atomic E-state index is -0.0384. The van der Waals surface area contributed by atoms with Gasteiger partial charge in [-0.05, 0) is 18.6 Å². The fourth-order valence-electron chi connectivity index (χ4n) is 1.01. The Morgan fingerprint density at radius 3 is 2.93 bits per heavy atom. The average Bonchev–Trinajstić information content (AvgIpc) is 2.58. The number of carbonyl (C=O) groups excluding carboxylic acids is 1. The number of halogens is 1. The lowest BCUT2D eigenvalue weighted by atomic mass is 10.2. The van der Waals surface area contributed by atoms with Crippen LogP contribution in [0.2, 0.25) is 4.34 Å². The van der Waals surface area contributed by atoms with E-state index in [9.17, 15) is 4.79 Å². The van der Waals surface area contributed by atoms with Gasteiger partial charge in [-0.25, -0.2) is 0 Å². The van der Waals surface area contributed by atoms with Crippen LogP contribution in [0.3, 0.4) is 0 Å². The van der Waals surface area contributed by atoms with Crippen molar-refractivity contribution in [2.24, 2.45) is 0 Å². The Labute approximate surface area is 91.7 Å². The molecule has 0 atom stereocenters. The number of aryl methyl sites for hydroxylation is 1. The van der Waals surface area contributed by atoms with Crippen molar-refractivity contribution >= 4 is 28.8 Å². The molecule has 0 spiro atoms. The number of rotatable bonds is 5. The molecule has 5 heteroatoms. The molecular formula is C9H12ClNO2S. The number of thiophene rings is 1. The Morgan fingerprint density at radius 2 is 2.36 bits per heavy atom. The van der Waals surface area contributed by atoms with Crippen molar-refractivity contribution < 1.29 is 9.90 Å². The monoisotopic (exact) mass is 233 g/mol. The SMILES string of the molecule is O=C(CCc1ccc(Cl)s1)NCCO. The highest BCUT2D eigenvalue weighted by Gasteiger charge is 2.03. The van der Waals surface area contributed by atoms with Crippen LogP contribution in [0.4, 0.5) is 0 Å². The molecule has 0 aliphatic heterocycles. The first kappa shape index (κ1) is 11.5. The summed E-state index contributed by atoms with van der Waals surface area (Å²) in [5.74, 6) is -0.0384. The van der Waals surface area contributed by atoms with Gasteiger partial charge < -0.3 is 10.4 Å². The predicted octanol–water partition coefficient (Wildman–Crippen LogP) is 1.44. The fourth-order valence-corrected chi connectivity index (χ4v) is 2.09. The maximum absolute atomic E-state index is 11.1. The van der Waals surface area contributed by atoms with Crippen LogP contribution in [0.25, 0.3) is 0 Å². The first-order chi connectivity index (χ1) is 6.72. The molecule has 3 nitrogen and oxygen atoms in total. The lowest BCUT2D eigenvalue weighted by Gasteiger charge is -2.01. The summed E-state index contributed by atoms with van der Waals surface area (Å²) >= 11 is 7.23. The number of nitrogens with one attached hydrogen (secondary N) is 1. The number of aliphatic hydroxyl groups excluding tert-OH is 1. The van der Waals surface area contributed by atoms with Crippen LogP contribution in [0.1, 0.15) is 11.3 Å². The second kappa shape index (κ2) is 6.01. The predicted molar refractivity (Wildman–Crippen MR) is 57.7 cm³/mol. The van der Waals surface area contributed by atoms with Crippen LogP contribution < -0.4 is 5.32 Å². The van der Waals surface area contributed by atoms with Gasteiger partial charge in [0, 0.05) is 17.8 Å². The second-order valence-electron chi connectivity index (χ2n) is 2.78. The van der Waals surface area contributed by atoms with Crippen LogP contribution >= 0.6 is 22.9 Å². The van der Waals surface area contributed by atoms with Gasteiger partial charge in [0.15, 0.2) is 0 Å². The maximum Gasteiger partial charge on any atom is 0.220 e. The van der Waals surface area contributed by atoms with E-state index in [0.29, 0.717) is 19.4 Å². The molecule has 1 aromatic heterocycles. The third kappa shape index (κ3) is 4.09. The van der Waals surface area contributed by atoms with E-state index < -0.39 is 0 Å². The maximum atomic E-state index is 11.1. The third-order valence-electron chi connectivity index (χ3n) is 1.66. The molecule has 0 radical (unpaired) electrons. The van der Waals surface area contributed by atoms with E-state index >= 15 is 0 Å². The molecule has 1 heterocycles. The first-order valence-electron chi connectivity index (χ1n) is 4.34. The van der Waals surface area contributed by atoms with Crippen molar-refractivity contribution in [2.45, 2.75) is 12.8 Å². The van der Waals surface area contributed by atoms with Crippen LogP contribution in [-0.2, 0) is 11.2 Å². The molecule has 0 aromatic carbocycles. The first-order valence-corrected chi connectivity index (χ1v) is 5.53. The minimum Gasteiger partial charge on any atom is -0.395 e. The van der Waals surface area contributed by atoms with Gasteiger partial charge in [-0.15, -0.1) is 11.3 Å². The van der Waals surface area contributed by atoms with Gasteiger partial charge in [-0.1, -0.05) is 11.6 Å². The fraction of sp³-hybridized carbons (Fsp3) is 0.444. The Bertz CT molecular complexity index is 301. The van der Waals surface area contributed by atoms with Crippen molar-refractivity contribution in [1.29, 1.82) is 0 Å². The molecule has 0 bridgehead atoms. The third-order valence-corrected chi connectivity index (χ3v) is 2.95. The molecule has 0 aliphatic rings. The van der Waals surface area contributed by atoms with Gasteiger partial charge in [0.1, 0.15) is 0 Å². The normalized spacial score (nSPS) is 10.1. The Hall–Kier alpha value is -0.580. The Kier molecular flexibility index (Phi) is 4.93. The topological polar surface area (TPSA) is 49.3 Å². The molecule has 0 saturated heterocycles. The van der Waals surface area contributed by atoms with E-state index in [1.54, 1.807) is 0 Å². The van der Waals surface area contributed by atoms with Gasteiger partial charge in [-0.2, -0.15) is 0 Å². The number of amides is 1. The summed E-state index contributed by atoms with van der Waals surface area (Å²) in [4.78, 5) is 12.2. The van der Waals surface area contributed by atoms with Gasteiger partial charge in [0.2, 0.25) is 5.91 Å². The van der Waals surface area contributed by atoms with Crippen LogP contribution in [-0.4, -0.2) is 24.2 Å².